The summed E-state index contributed by atoms with van der Waals surface area (Å²) in [7, 11) is -3.84. The number of benzene rings is 1. The Hall–Kier alpha value is -0.920. The van der Waals surface area contributed by atoms with Gasteiger partial charge < -0.3 is 5.11 Å². The Labute approximate surface area is 121 Å². The van der Waals surface area contributed by atoms with E-state index in [0.717, 1.165) is 9.87 Å². The first-order valence-corrected chi connectivity index (χ1v) is 7.89. The molecule has 0 atom stereocenters. The Morgan fingerprint density at radius 2 is 2.00 bits per heavy atom. The lowest BCUT2D eigenvalue weighted by atomic mass is 10.2. The maximum absolute atomic E-state index is 12.5. The minimum Gasteiger partial charge on any atom is -0.480 e. The van der Waals surface area contributed by atoms with E-state index in [9.17, 15) is 13.2 Å². The second-order valence-electron chi connectivity index (χ2n) is 4.47. The van der Waals surface area contributed by atoms with Crippen molar-refractivity contribution in [2.24, 2.45) is 0 Å². The second kappa shape index (κ2) is 6.02. The zero-order chi connectivity index (χ0) is 14.8. The van der Waals surface area contributed by atoms with Gasteiger partial charge in [-0.2, -0.15) is 4.31 Å². The molecule has 0 aliphatic heterocycles. The standard InChI is InChI=1S/C12H16BrNO4S/c1-8(2)14(7-12(15)16)19(17,18)11-5-4-9(3)6-10(11)13/h4-6,8H,7H2,1-3H3,(H,15,16). The van der Waals surface area contributed by atoms with Gasteiger partial charge in [0.2, 0.25) is 10.0 Å². The quantitative estimate of drug-likeness (QED) is 0.884. The van der Waals surface area contributed by atoms with Crippen molar-refractivity contribution in [1.82, 2.24) is 4.31 Å². The fourth-order valence-corrected chi connectivity index (χ4v) is 4.36. The summed E-state index contributed by atoms with van der Waals surface area (Å²) in [6.45, 7) is 4.57. The molecule has 0 saturated carbocycles. The highest BCUT2D eigenvalue weighted by Gasteiger charge is 2.30. The smallest absolute Gasteiger partial charge is 0.318 e. The van der Waals surface area contributed by atoms with Crippen molar-refractivity contribution < 1.29 is 18.3 Å². The Morgan fingerprint density at radius 1 is 1.42 bits per heavy atom. The first-order chi connectivity index (χ1) is 8.66. The fourth-order valence-electron chi connectivity index (χ4n) is 1.62. The highest BCUT2D eigenvalue weighted by Crippen LogP contribution is 2.27. The zero-order valence-corrected chi connectivity index (χ0v) is 13.3. The lowest BCUT2D eigenvalue weighted by molar-refractivity contribution is -0.137. The van der Waals surface area contributed by atoms with Gasteiger partial charge in [-0.3, -0.25) is 4.79 Å². The molecule has 7 heteroatoms. The molecule has 0 heterocycles. The van der Waals surface area contributed by atoms with Crippen molar-refractivity contribution in [3.63, 3.8) is 0 Å². The molecule has 19 heavy (non-hydrogen) atoms. The fraction of sp³-hybridized carbons (Fsp3) is 0.417. The van der Waals surface area contributed by atoms with Gasteiger partial charge in [-0.05, 0) is 54.4 Å². The van der Waals surface area contributed by atoms with Crippen molar-refractivity contribution in [3.8, 4) is 0 Å². The van der Waals surface area contributed by atoms with Crippen molar-refractivity contribution >= 4 is 31.9 Å². The topological polar surface area (TPSA) is 74.7 Å². The number of carbonyl (C=O) groups is 1. The van der Waals surface area contributed by atoms with Gasteiger partial charge in [0.05, 0.1) is 4.90 Å². The molecule has 0 aliphatic rings. The number of sulfonamides is 1. The predicted octanol–water partition coefficient (Wildman–Crippen LogP) is 2.24. The third kappa shape index (κ3) is 3.77. The summed E-state index contributed by atoms with van der Waals surface area (Å²) < 4.78 is 26.3. The van der Waals surface area contributed by atoms with Crippen LogP contribution < -0.4 is 0 Å². The van der Waals surface area contributed by atoms with Crippen LogP contribution in [0.4, 0.5) is 0 Å². The Balaban J connectivity index is 3.30. The van der Waals surface area contributed by atoms with Crippen LogP contribution in [0.15, 0.2) is 27.6 Å². The summed E-state index contributed by atoms with van der Waals surface area (Å²) in [5.41, 5.74) is 0.917. The molecular weight excluding hydrogens is 334 g/mol. The maximum Gasteiger partial charge on any atom is 0.318 e. The molecule has 0 fully saturated rings. The summed E-state index contributed by atoms with van der Waals surface area (Å²) >= 11 is 3.21. The summed E-state index contributed by atoms with van der Waals surface area (Å²) in [4.78, 5) is 10.9. The molecule has 1 aromatic rings. The number of rotatable bonds is 5. The first-order valence-electron chi connectivity index (χ1n) is 5.66. The van der Waals surface area contributed by atoms with Gasteiger partial charge in [0, 0.05) is 10.5 Å². The number of halogens is 1. The Kier molecular flexibility index (Phi) is 5.11. The molecule has 1 aromatic carbocycles. The largest absolute Gasteiger partial charge is 0.480 e. The van der Waals surface area contributed by atoms with Crippen LogP contribution in [0.1, 0.15) is 19.4 Å². The number of aryl methyl sites for hydroxylation is 1. The van der Waals surface area contributed by atoms with Crippen molar-refractivity contribution in [1.29, 1.82) is 0 Å². The summed E-state index contributed by atoms with van der Waals surface area (Å²) in [6, 6.07) is 4.41. The highest BCUT2D eigenvalue weighted by molar-refractivity contribution is 9.10. The van der Waals surface area contributed by atoms with Crippen LogP contribution in [0.25, 0.3) is 0 Å². The lowest BCUT2D eigenvalue weighted by Gasteiger charge is -2.24. The van der Waals surface area contributed by atoms with E-state index >= 15 is 0 Å². The SMILES string of the molecule is Cc1ccc(S(=O)(=O)N(CC(=O)O)C(C)C)c(Br)c1. The monoisotopic (exact) mass is 349 g/mol. The number of hydrogen-bond acceptors (Lipinski definition) is 3. The van der Waals surface area contributed by atoms with Crippen LogP contribution in [-0.2, 0) is 14.8 Å². The number of carboxylic acids is 1. The van der Waals surface area contributed by atoms with Crippen LogP contribution in [-0.4, -0.2) is 36.4 Å². The van der Waals surface area contributed by atoms with Gasteiger partial charge in [0.15, 0.2) is 0 Å². The van der Waals surface area contributed by atoms with Crippen molar-refractivity contribution in [3.05, 3.63) is 28.2 Å². The van der Waals surface area contributed by atoms with Gasteiger partial charge in [-0.15, -0.1) is 0 Å². The molecule has 1 N–H and O–H groups in total. The summed E-state index contributed by atoms with van der Waals surface area (Å²) in [6.07, 6.45) is 0. The molecule has 0 aliphatic carbocycles. The minimum absolute atomic E-state index is 0.0769. The maximum atomic E-state index is 12.5. The normalized spacial score (nSPS) is 12.1. The van der Waals surface area contributed by atoms with Gasteiger partial charge in [0.25, 0.3) is 0 Å². The average molecular weight is 350 g/mol. The summed E-state index contributed by atoms with van der Waals surface area (Å²) in [5.74, 6) is -1.18. The van der Waals surface area contributed by atoms with E-state index in [0.29, 0.717) is 4.47 Å². The number of carboxylic acid groups (broad SMARTS) is 1. The third-order valence-electron chi connectivity index (χ3n) is 2.54. The van der Waals surface area contributed by atoms with Crippen LogP contribution in [0.5, 0.6) is 0 Å². The molecule has 0 radical (unpaired) electrons. The lowest BCUT2D eigenvalue weighted by Crippen LogP contribution is -2.40. The van der Waals surface area contributed by atoms with Gasteiger partial charge in [-0.25, -0.2) is 8.42 Å². The average Bonchev–Trinajstić information content (AvgIpc) is 2.24. The first kappa shape index (κ1) is 16.1. The van der Waals surface area contributed by atoms with Crippen molar-refractivity contribution in [2.75, 3.05) is 6.54 Å². The molecule has 0 unspecified atom stereocenters. The molecule has 0 spiro atoms. The van der Waals surface area contributed by atoms with Gasteiger partial charge in [-0.1, -0.05) is 6.07 Å². The number of aliphatic carboxylic acids is 1. The van der Waals surface area contributed by atoms with E-state index in [-0.39, 0.29) is 4.90 Å². The number of hydrogen-bond donors (Lipinski definition) is 1. The van der Waals surface area contributed by atoms with Crippen LogP contribution in [0.2, 0.25) is 0 Å². The Bertz CT molecular complexity index is 583. The minimum atomic E-state index is -3.84. The molecule has 0 amide bonds. The molecule has 0 bridgehead atoms. The highest BCUT2D eigenvalue weighted by atomic mass is 79.9. The Morgan fingerprint density at radius 3 is 2.42 bits per heavy atom. The summed E-state index contributed by atoms with van der Waals surface area (Å²) in [5, 5.41) is 8.84. The van der Waals surface area contributed by atoms with Crippen molar-refractivity contribution in [2.45, 2.75) is 31.7 Å². The van der Waals surface area contributed by atoms with E-state index in [4.69, 9.17) is 5.11 Å². The molecule has 1 rings (SSSR count). The van der Waals surface area contributed by atoms with Gasteiger partial charge >= 0.3 is 5.97 Å². The molecule has 106 valence electrons. The van der Waals surface area contributed by atoms with Crippen LogP contribution in [0.3, 0.4) is 0 Å². The second-order valence-corrected chi connectivity index (χ2v) is 7.18. The number of nitrogens with zero attached hydrogens (tertiary/aromatic N) is 1. The van der Waals surface area contributed by atoms with E-state index in [1.165, 1.54) is 6.07 Å². The van der Waals surface area contributed by atoms with E-state index in [1.54, 1.807) is 26.0 Å². The van der Waals surface area contributed by atoms with E-state index in [1.807, 2.05) is 6.92 Å². The van der Waals surface area contributed by atoms with Crippen LogP contribution in [0, 0.1) is 6.92 Å². The van der Waals surface area contributed by atoms with E-state index in [2.05, 4.69) is 15.9 Å². The van der Waals surface area contributed by atoms with Gasteiger partial charge in [0.1, 0.15) is 6.54 Å². The molecule has 5 nitrogen and oxygen atoms in total. The molecule has 0 aromatic heterocycles. The zero-order valence-electron chi connectivity index (χ0n) is 10.9. The van der Waals surface area contributed by atoms with E-state index < -0.39 is 28.6 Å². The predicted molar refractivity (Wildman–Crippen MR) is 75.5 cm³/mol. The third-order valence-corrected chi connectivity index (χ3v) is 5.54. The molecule has 0 saturated heterocycles. The van der Waals surface area contributed by atoms with Crippen LogP contribution >= 0.6 is 15.9 Å². The molecular formula is C12H16BrNO4S.